The molecule has 5 unspecified atom stereocenters. The van der Waals surface area contributed by atoms with Crippen LogP contribution in [-0.4, -0.2) is 63.4 Å². The second kappa shape index (κ2) is 9.87. The molecule has 3 aliphatic heterocycles. The van der Waals surface area contributed by atoms with Crippen molar-refractivity contribution in [2.24, 2.45) is 15.3 Å². The predicted octanol–water partition coefficient (Wildman–Crippen LogP) is 3.37. The minimum absolute atomic E-state index is 0.00616. The highest BCUT2D eigenvalue weighted by molar-refractivity contribution is 7.93. The number of methoxy groups -OCH3 is 1. The van der Waals surface area contributed by atoms with Gasteiger partial charge in [-0.3, -0.25) is 19.7 Å². The van der Waals surface area contributed by atoms with E-state index in [1.807, 2.05) is 0 Å². The molecule has 200 valence electrons. The maximum Gasteiger partial charge on any atom is 0.313 e. The van der Waals surface area contributed by atoms with Crippen LogP contribution in [0.15, 0.2) is 56.7 Å². The summed E-state index contributed by atoms with van der Waals surface area (Å²) >= 11 is 0. The maximum absolute atomic E-state index is 13.8. The zero-order valence-electron chi connectivity index (χ0n) is 20.6. The van der Waals surface area contributed by atoms with Crippen LogP contribution >= 0.6 is 0 Å². The van der Waals surface area contributed by atoms with Crippen molar-refractivity contribution >= 4 is 38.8 Å². The number of rotatable bonds is 7. The van der Waals surface area contributed by atoms with Gasteiger partial charge in [-0.1, -0.05) is 12.1 Å². The number of esters is 1. The summed E-state index contributed by atoms with van der Waals surface area (Å²) in [6, 6.07) is 8.87. The summed E-state index contributed by atoms with van der Waals surface area (Å²) in [7, 11) is -1.82. The average Bonchev–Trinajstić information content (AvgIpc) is 3.49. The number of benzene rings is 2. The number of nitrogens with zero attached hydrogens (tertiary/aromatic N) is 4. The normalized spacial score (nSPS) is 27.2. The van der Waals surface area contributed by atoms with Gasteiger partial charge < -0.3 is 14.4 Å². The molecule has 5 rings (SSSR count). The van der Waals surface area contributed by atoms with E-state index in [9.17, 15) is 28.3 Å². The molecule has 38 heavy (non-hydrogen) atoms. The predicted molar refractivity (Wildman–Crippen MR) is 134 cm³/mol. The maximum atomic E-state index is 13.8. The Hall–Kier alpha value is -3.71. The third-order valence-electron chi connectivity index (χ3n) is 7.06. The van der Waals surface area contributed by atoms with Gasteiger partial charge in [-0.05, 0) is 36.6 Å². The van der Waals surface area contributed by atoms with Gasteiger partial charge in [0.1, 0.15) is 17.6 Å². The number of amides is 1. The van der Waals surface area contributed by atoms with Gasteiger partial charge in [-0.2, -0.15) is 4.36 Å². The van der Waals surface area contributed by atoms with E-state index in [0.29, 0.717) is 18.4 Å². The summed E-state index contributed by atoms with van der Waals surface area (Å²) < 4.78 is 42.1. The van der Waals surface area contributed by atoms with Crippen molar-refractivity contribution in [1.82, 2.24) is 4.90 Å². The lowest BCUT2D eigenvalue weighted by Crippen LogP contribution is -2.52. The Kier molecular flexibility index (Phi) is 6.73. The number of amidine groups is 1. The summed E-state index contributed by atoms with van der Waals surface area (Å²) in [6.07, 6.45) is 1.58. The Bertz CT molecular complexity index is 1470. The highest BCUT2D eigenvalue weighted by Gasteiger charge is 2.56. The van der Waals surface area contributed by atoms with Gasteiger partial charge in [-0.15, -0.1) is 0 Å². The van der Waals surface area contributed by atoms with Gasteiger partial charge in [0.2, 0.25) is 5.91 Å². The molecule has 0 aliphatic carbocycles. The smallest absolute Gasteiger partial charge is 0.313 e. The van der Waals surface area contributed by atoms with E-state index in [1.165, 1.54) is 48.6 Å². The third kappa shape index (κ3) is 4.78. The van der Waals surface area contributed by atoms with Crippen molar-refractivity contribution in [3.8, 4) is 0 Å². The number of ether oxygens (including phenoxy) is 2. The van der Waals surface area contributed by atoms with E-state index in [1.54, 1.807) is 12.1 Å². The van der Waals surface area contributed by atoms with E-state index < -0.39 is 44.3 Å². The number of nitro groups is 1. The standard InChI is InChI=1S/C25H25FN4O7S/c1-36-25(32)23-18-9-10-19(37-18)24(23)29(13-14-3-5-15(26)6-4-14)22(31)12-21-27-17-8-7-16(30(33)34)11-20(17)38(2,35)28-21/h3-8,11,18-19,23-24H,9-10,12-13H2,1-2H3. The van der Waals surface area contributed by atoms with E-state index in [2.05, 4.69) is 9.36 Å². The zero-order chi connectivity index (χ0) is 27.2. The lowest BCUT2D eigenvalue weighted by molar-refractivity contribution is -0.385. The molecule has 11 nitrogen and oxygen atoms in total. The molecule has 0 spiro atoms. The van der Waals surface area contributed by atoms with Gasteiger partial charge >= 0.3 is 5.97 Å². The number of aliphatic imine (C=N–C) groups is 1. The quantitative estimate of drug-likeness (QED) is 0.296. The topological polar surface area (TPSA) is 141 Å². The molecule has 5 atom stereocenters. The SMILES string of the molecule is COC(=O)C1C2CCC(O2)C1N(Cc1ccc(F)cc1)C(=O)CC1=Nc2ccc([N+](=O)[O-])cc2S(C)(=O)=N1. The first-order valence-electron chi connectivity index (χ1n) is 11.9. The summed E-state index contributed by atoms with van der Waals surface area (Å²) in [5, 5.41) is 11.2. The van der Waals surface area contributed by atoms with Crippen LogP contribution in [0.4, 0.5) is 15.8 Å². The fraction of sp³-hybridized carbons (Fsp3) is 0.400. The molecule has 2 aromatic carbocycles. The van der Waals surface area contributed by atoms with Crippen LogP contribution in [-0.2, 0) is 35.3 Å². The lowest BCUT2D eigenvalue weighted by Gasteiger charge is -2.36. The van der Waals surface area contributed by atoms with Crippen LogP contribution < -0.4 is 0 Å². The van der Waals surface area contributed by atoms with Crippen LogP contribution in [0, 0.1) is 21.8 Å². The van der Waals surface area contributed by atoms with Crippen molar-refractivity contribution in [1.29, 1.82) is 0 Å². The number of carbonyl (C=O) groups is 2. The Balaban J connectivity index is 1.48. The minimum atomic E-state index is -3.11. The minimum Gasteiger partial charge on any atom is -0.469 e. The molecular formula is C25H25FN4O7S. The fourth-order valence-electron chi connectivity index (χ4n) is 5.35. The van der Waals surface area contributed by atoms with Crippen LogP contribution in [0.5, 0.6) is 0 Å². The summed E-state index contributed by atoms with van der Waals surface area (Å²) in [4.78, 5) is 43.1. The summed E-state index contributed by atoms with van der Waals surface area (Å²) in [5.74, 6) is -2.02. The monoisotopic (exact) mass is 544 g/mol. The Morgan fingerprint density at radius 1 is 1.21 bits per heavy atom. The molecule has 13 heteroatoms. The zero-order valence-corrected chi connectivity index (χ0v) is 21.4. The first-order valence-corrected chi connectivity index (χ1v) is 13.8. The highest BCUT2D eigenvalue weighted by atomic mass is 32.2. The molecule has 2 saturated heterocycles. The molecule has 0 N–H and O–H groups in total. The fourth-order valence-corrected chi connectivity index (χ4v) is 6.80. The molecular weight excluding hydrogens is 519 g/mol. The second-order valence-corrected chi connectivity index (χ2v) is 11.7. The molecule has 1 amide bonds. The largest absolute Gasteiger partial charge is 0.469 e. The van der Waals surface area contributed by atoms with Crippen LogP contribution in [0.2, 0.25) is 0 Å². The van der Waals surface area contributed by atoms with Gasteiger partial charge in [-0.25, -0.2) is 13.6 Å². The van der Waals surface area contributed by atoms with Crippen molar-refractivity contribution in [3.63, 3.8) is 0 Å². The Morgan fingerprint density at radius 3 is 2.61 bits per heavy atom. The average molecular weight is 545 g/mol. The Morgan fingerprint density at radius 2 is 1.92 bits per heavy atom. The van der Waals surface area contributed by atoms with E-state index >= 15 is 0 Å². The first kappa shape index (κ1) is 25.9. The molecule has 3 aliphatic rings. The van der Waals surface area contributed by atoms with Gasteiger partial charge in [0.15, 0.2) is 0 Å². The van der Waals surface area contributed by atoms with Gasteiger partial charge in [0.25, 0.3) is 5.69 Å². The number of fused-ring (bicyclic) bond motifs is 3. The summed E-state index contributed by atoms with van der Waals surface area (Å²) in [6.45, 7) is 0.0708. The molecule has 0 saturated carbocycles. The van der Waals surface area contributed by atoms with Gasteiger partial charge in [0, 0.05) is 24.9 Å². The first-order chi connectivity index (χ1) is 18.1. The van der Waals surface area contributed by atoms with Crippen molar-refractivity contribution in [3.05, 3.63) is 64.0 Å². The van der Waals surface area contributed by atoms with Crippen molar-refractivity contribution < 1.29 is 32.6 Å². The van der Waals surface area contributed by atoms with Crippen LogP contribution in [0.25, 0.3) is 0 Å². The second-order valence-electron chi connectivity index (χ2n) is 9.49. The number of hydrogen-bond donors (Lipinski definition) is 0. The molecule has 2 fully saturated rings. The van der Waals surface area contributed by atoms with E-state index in [4.69, 9.17) is 9.47 Å². The van der Waals surface area contributed by atoms with Crippen molar-refractivity contribution in [2.45, 2.75) is 49.0 Å². The van der Waals surface area contributed by atoms with Crippen molar-refractivity contribution in [2.75, 3.05) is 13.4 Å². The number of hydrogen-bond acceptors (Lipinski definition) is 9. The number of non-ortho nitro benzene ring substituents is 1. The number of nitro benzene ring substituents is 1. The third-order valence-corrected chi connectivity index (χ3v) is 8.76. The highest BCUT2D eigenvalue weighted by Crippen LogP contribution is 2.43. The van der Waals surface area contributed by atoms with E-state index in [0.717, 1.165) is 0 Å². The molecule has 0 aromatic heterocycles. The van der Waals surface area contributed by atoms with Crippen LogP contribution in [0.3, 0.4) is 0 Å². The molecule has 2 bridgehead atoms. The van der Waals surface area contributed by atoms with Gasteiger partial charge in [0.05, 0.1) is 57.0 Å². The van der Waals surface area contributed by atoms with Crippen LogP contribution in [0.1, 0.15) is 24.8 Å². The lowest BCUT2D eigenvalue weighted by atomic mass is 9.83. The molecule has 0 radical (unpaired) electrons. The summed E-state index contributed by atoms with van der Waals surface area (Å²) in [5.41, 5.74) is 0.645. The number of carbonyl (C=O) groups excluding carboxylic acids is 2. The molecule has 3 heterocycles. The molecule has 2 aromatic rings. The van der Waals surface area contributed by atoms with E-state index in [-0.39, 0.29) is 47.3 Å². The number of halogens is 1. The Labute approximate surface area is 218 Å².